The van der Waals surface area contributed by atoms with Crippen LogP contribution in [0.1, 0.15) is 6.42 Å². The number of piperidine rings is 1. The summed E-state index contributed by atoms with van der Waals surface area (Å²) in [4.78, 5) is 20.6. The minimum atomic E-state index is -0.526. The maximum absolute atomic E-state index is 11.0. The molecular formula is C13H18BrN3O4. The van der Waals surface area contributed by atoms with Gasteiger partial charge in [-0.2, -0.15) is 0 Å². The Morgan fingerprint density at radius 3 is 2.76 bits per heavy atom. The first kappa shape index (κ1) is 17.5. The van der Waals surface area contributed by atoms with Gasteiger partial charge < -0.3 is 20.1 Å². The van der Waals surface area contributed by atoms with Crippen LogP contribution in [0.2, 0.25) is 0 Å². The van der Waals surface area contributed by atoms with Crippen LogP contribution in [-0.4, -0.2) is 54.0 Å². The summed E-state index contributed by atoms with van der Waals surface area (Å²) in [7, 11) is 1.95. The summed E-state index contributed by atoms with van der Waals surface area (Å²) in [6.45, 7) is 3.43. The molecule has 0 unspecified atom stereocenters. The molecule has 0 aromatic heterocycles. The third-order valence-corrected chi connectivity index (χ3v) is 3.78. The number of β-amino-alcohol motifs (C(OH)–C–C–N with tert-alkyl or cyclic N) is 1. The molecule has 0 bridgehead atoms. The molecule has 2 N–H and O–H groups in total. The van der Waals surface area contributed by atoms with E-state index in [0.717, 1.165) is 13.0 Å². The molecular weight excluding hydrogens is 342 g/mol. The van der Waals surface area contributed by atoms with Gasteiger partial charge in [-0.15, -0.1) is 0 Å². The SMILES string of the molecule is C=O.CN1CC[C@@H](Nc2ccc(Br)cc2[N+](=O)[O-])[C@H](O)C1. The summed E-state index contributed by atoms with van der Waals surface area (Å²) in [5.41, 5.74) is 0.460. The summed E-state index contributed by atoms with van der Waals surface area (Å²) < 4.78 is 0.661. The minimum Gasteiger partial charge on any atom is -0.390 e. The third-order valence-electron chi connectivity index (χ3n) is 3.28. The molecule has 2 rings (SSSR count). The van der Waals surface area contributed by atoms with E-state index in [9.17, 15) is 15.2 Å². The van der Waals surface area contributed by atoms with Gasteiger partial charge >= 0.3 is 0 Å². The number of benzene rings is 1. The van der Waals surface area contributed by atoms with Crippen molar-refractivity contribution in [2.24, 2.45) is 0 Å². The molecule has 0 radical (unpaired) electrons. The van der Waals surface area contributed by atoms with Crippen molar-refractivity contribution in [3.05, 3.63) is 32.8 Å². The van der Waals surface area contributed by atoms with E-state index in [2.05, 4.69) is 21.2 Å². The van der Waals surface area contributed by atoms with E-state index >= 15 is 0 Å². The molecule has 116 valence electrons. The van der Waals surface area contributed by atoms with Crippen molar-refractivity contribution in [1.29, 1.82) is 0 Å². The topological polar surface area (TPSA) is 95.7 Å². The first-order chi connectivity index (χ1) is 9.97. The van der Waals surface area contributed by atoms with Crippen molar-refractivity contribution in [3.63, 3.8) is 0 Å². The zero-order valence-corrected chi connectivity index (χ0v) is 13.2. The van der Waals surface area contributed by atoms with Gasteiger partial charge in [0.05, 0.1) is 17.1 Å². The number of rotatable bonds is 3. The lowest BCUT2D eigenvalue weighted by atomic mass is 10.0. The maximum Gasteiger partial charge on any atom is 0.293 e. The largest absolute Gasteiger partial charge is 0.390 e. The van der Waals surface area contributed by atoms with Crippen LogP contribution in [0, 0.1) is 10.1 Å². The van der Waals surface area contributed by atoms with Gasteiger partial charge in [-0.25, -0.2) is 0 Å². The van der Waals surface area contributed by atoms with E-state index in [1.165, 1.54) is 6.07 Å². The van der Waals surface area contributed by atoms with Crippen molar-refractivity contribution in [3.8, 4) is 0 Å². The molecule has 0 aliphatic carbocycles. The number of likely N-dealkylation sites (N-methyl/N-ethyl adjacent to an activating group) is 1. The van der Waals surface area contributed by atoms with E-state index in [-0.39, 0.29) is 11.7 Å². The van der Waals surface area contributed by atoms with Crippen molar-refractivity contribution in [2.75, 3.05) is 25.5 Å². The molecule has 1 aliphatic heterocycles. The molecule has 0 amide bonds. The van der Waals surface area contributed by atoms with E-state index in [0.29, 0.717) is 16.7 Å². The van der Waals surface area contributed by atoms with Gasteiger partial charge in [-0.1, -0.05) is 15.9 Å². The first-order valence-electron chi connectivity index (χ1n) is 6.33. The lowest BCUT2D eigenvalue weighted by molar-refractivity contribution is -0.384. The number of aliphatic hydroxyl groups is 1. The second-order valence-corrected chi connectivity index (χ2v) is 5.70. The highest BCUT2D eigenvalue weighted by molar-refractivity contribution is 9.10. The predicted octanol–water partition coefficient (Wildman–Crippen LogP) is 1.65. The van der Waals surface area contributed by atoms with Crippen molar-refractivity contribution in [1.82, 2.24) is 4.90 Å². The second-order valence-electron chi connectivity index (χ2n) is 4.79. The van der Waals surface area contributed by atoms with Crippen LogP contribution in [0.25, 0.3) is 0 Å². The molecule has 21 heavy (non-hydrogen) atoms. The highest BCUT2D eigenvalue weighted by atomic mass is 79.9. The quantitative estimate of drug-likeness (QED) is 0.629. The van der Waals surface area contributed by atoms with Crippen LogP contribution in [-0.2, 0) is 4.79 Å². The number of carbonyl (C=O) groups excluding carboxylic acids is 1. The van der Waals surface area contributed by atoms with Gasteiger partial charge in [0.25, 0.3) is 5.69 Å². The van der Waals surface area contributed by atoms with Gasteiger partial charge in [0.1, 0.15) is 12.5 Å². The normalized spacial score (nSPS) is 22.0. The van der Waals surface area contributed by atoms with Crippen LogP contribution in [0.4, 0.5) is 11.4 Å². The molecule has 7 nitrogen and oxygen atoms in total. The number of hydrogen-bond donors (Lipinski definition) is 2. The number of nitrogens with zero attached hydrogens (tertiary/aromatic N) is 2. The Hall–Kier alpha value is -1.51. The third kappa shape index (κ3) is 4.76. The summed E-state index contributed by atoms with van der Waals surface area (Å²) in [5, 5.41) is 24.1. The monoisotopic (exact) mass is 359 g/mol. The van der Waals surface area contributed by atoms with Gasteiger partial charge in [0.2, 0.25) is 0 Å². The van der Waals surface area contributed by atoms with Crippen LogP contribution in [0.3, 0.4) is 0 Å². The van der Waals surface area contributed by atoms with E-state index in [1.54, 1.807) is 12.1 Å². The summed E-state index contributed by atoms with van der Waals surface area (Å²) in [5.74, 6) is 0. The Morgan fingerprint density at radius 2 is 2.19 bits per heavy atom. The van der Waals surface area contributed by atoms with Crippen LogP contribution >= 0.6 is 15.9 Å². The molecule has 1 aliphatic rings. The number of nitrogens with one attached hydrogen (secondary N) is 1. The zero-order chi connectivity index (χ0) is 16.0. The Kier molecular flexibility index (Phi) is 6.73. The number of likely N-dealkylation sites (tertiary alicyclic amines) is 1. The number of nitro benzene ring substituents is 1. The number of halogens is 1. The van der Waals surface area contributed by atoms with Gasteiger partial charge in [0.15, 0.2) is 0 Å². The number of anilines is 1. The van der Waals surface area contributed by atoms with Crippen LogP contribution in [0.5, 0.6) is 0 Å². The van der Waals surface area contributed by atoms with Gasteiger partial charge in [-0.3, -0.25) is 10.1 Å². The highest BCUT2D eigenvalue weighted by Gasteiger charge is 2.27. The molecule has 1 saturated heterocycles. The lowest BCUT2D eigenvalue weighted by Crippen LogP contribution is -2.48. The predicted molar refractivity (Wildman–Crippen MR) is 83.4 cm³/mol. The molecule has 1 fully saturated rings. The minimum absolute atomic E-state index is 0.0144. The fourth-order valence-electron chi connectivity index (χ4n) is 2.24. The molecule has 0 spiro atoms. The molecule has 0 saturated carbocycles. The molecule has 1 heterocycles. The van der Waals surface area contributed by atoms with Crippen molar-refractivity contribution >= 4 is 34.1 Å². The van der Waals surface area contributed by atoms with E-state index in [4.69, 9.17) is 4.79 Å². The molecule has 2 atom stereocenters. The fraction of sp³-hybridized carbons (Fsp3) is 0.462. The smallest absolute Gasteiger partial charge is 0.293 e. The number of aliphatic hydroxyl groups excluding tert-OH is 1. The zero-order valence-electron chi connectivity index (χ0n) is 11.7. The first-order valence-corrected chi connectivity index (χ1v) is 7.12. The van der Waals surface area contributed by atoms with Gasteiger partial charge in [-0.05, 0) is 32.1 Å². The Labute approximate surface area is 131 Å². The molecule has 1 aromatic rings. The summed E-state index contributed by atoms with van der Waals surface area (Å²) in [6, 6.07) is 4.71. The Bertz CT molecular complexity index is 500. The average Bonchev–Trinajstić information content (AvgIpc) is 2.45. The van der Waals surface area contributed by atoms with E-state index < -0.39 is 11.0 Å². The summed E-state index contributed by atoms with van der Waals surface area (Å²) >= 11 is 3.22. The standard InChI is InChI=1S/C12H16BrN3O3.CH2O/c1-15-5-4-10(12(17)7-15)14-9-3-2-8(13)6-11(9)16(18)19;1-2/h2-3,6,10,12,14,17H,4-5,7H2,1H3;1H2/t10-,12-;/m1./s1. The molecule has 1 aromatic carbocycles. The van der Waals surface area contributed by atoms with Crippen LogP contribution < -0.4 is 5.32 Å². The van der Waals surface area contributed by atoms with Crippen molar-refractivity contribution in [2.45, 2.75) is 18.6 Å². The lowest BCUT2D eigenvalue weighted by Gasteiger charge is -2.34. The number of carbonyl (C=O) groups is 1. The summed E-state index contributed by atoms with van der Waals surface area (Å²) in [6.07, 6.45) is 0.229. The number of hydrogen-bond acceptors (Lipinski definition) is 6. The van der Waals surface area contributed by atoms with Gasteiger partial charge in [0, 0.05) is 17.1 Å². The highest BCUT2D eigenvalue weighted by Crippen LogP contribution is 2.29. The number of nitro groups is 1. The van der Waals surface area contributed by atoms with Crippen molar-refractivity contribution < 1.29 is 14.8 Å². The average molecular weight is 360 g/mol. The fourth-order valence-corrected chi connectivity index (χ4v) is 2.58. The Balaban J connectivity index is 0.00000106. The Morgan fingerprint density at radius 1 is 1.52 bits per heavy atom. The second kappa shape index (κ2) is 8.06. The maximum atomic E-state index is 11.0. The van der Waals surface area contributed by atoms with E-state index in [1.807, 2.05) is 18.7 Å². The van der Waals surface area contributed by atoms with Crippen LogP contribution in [0.15, 0.2) is 22.7 Å². The molecule has 8 heteroatoms.